The zero-order valence-corrected chi connectivity index (χ0v) is 61.6. The predicted octanol–water partition coefficient (Wildman–Crippen LogP) is 33.8. The first kappa shape index (κ1) is 33.9. The number of fused-ring (bicyclic) bond motifs is 16. The molecule has 25 aromatic rings. The summed E-state index contributed by atoms with van der Waals surface area (Å²) in [5.41, 5.74) is -5.94. The molecule has 121 heavy (non-hydrogen) atoms. The normalized spacial score (nSPS) is 18.1. The topological polar surface area (TPSA) is 39.4 Å². The van der Waals surface area contributed by atoms with E-state index in [2.05, 4.69) is 6.07 Å². The largest absolute Gasteiger partial charge is 0.456 e. The van der Waals surface area contributed by atoms with Gasteiger partial charge in [0.1, 0.15) is 33.5 Å². The molecule has 0 amide bonds. The molecular formula is C118H74O3. The summed E-state index contributed by atoms with van der Waals surface area (Å²) < 4.78 is 513. The fourth-order valence-corrected chi connectivity index (χ4v) is 15.6. The van der Waals surface area contributed by atoms with Crippen LogP contribution in [0.25, 0.3) is 241 Å². The van der Waals surface area contributed by atoms with Crippen molar-refractivity contribution in [2.24, 2.45) is 0 Å². The zero-order valence-electron chi connectivity index (χ0n) is 118. The Morgan fingerprint density at radius 1 is 0.165 bits per heavy atom. The summed E-state index contributed by atoms with van der Waals surface area (Å²) in [6.07, 6.45) is 0. The molecule has 0 aliphatic carbocycles. The number of para-hydroxylation sites is 1. The van der Waals surface area contributed by atoms with E-state index in [1.807, 2.05) is 78.9 Å². The molecule has 0 fully saturated rings. The van der Waals surface area contributed by atoms with Gasteiger partial charge >= 0.3 is 0 Å². The lowest BCUT2D eigenvalue weighted by Gasteiger charge is -2.18. The van der Waals surface area contributed by atoms with Crippen LogP contribution in [0.5, 0.6) is 0 Å². The van der Waals surface area contributed by atoms with E-state index in [0.717, 1.165) is 32.7 Å². The van der Waals surface area contributed by atoms with Crippen LogP contribution in [0.15, 0.2) is 461 Å². The van der Waals surface area contributed by atoms with Crippen molar-refractivity contribution in [3.63, 3.8) is 0 Å². The minimum Gasteiger partial charge on any atom is -0.456 e. The minimum absolute atomic E-state index is 0.175. The second-order valence-electron chi connectivity index (χ2n) is 27.2. The van der Waals surface area contributed by atoms with Gasteiger partial charge in [0.2, 0.25) is 0 Å². The molecule has 564 valence electrons. The van der Waals surface area contributed by atoms with Gasteiger partial charge in [-0.3, -0.25) is 0 Å². The van der Waals surface area contributed by atoms with Crippen molar-refractivity contribution in [2.75, 3.05) is 0 Å². The lowest BCUT2D eigenvalue weighted by Crippen LogP contribution is -1.91. The number of hydrogen-bond donors (Lipinski definition) is 0. The molecule has 0 saturated heterocycles. The van der Waals surface area contributed by atoms with Crippen LogP contribution in [-0.4, -0.2) is 0 Å². The van der Waals surface area contributed by atoms with Crippen LogP contribution < -0.4 is 0 Å². The van der Waals surface area contributed by atoms with Crippen LogP contribution in [0.2, 0.25) is 0 Å². The Balaban J connectivity index is 0.000000141. The van der Waals surface area contributed by atoms with E-state index in [9.17, 15) is 23.3 Å². The number of furan rings is 3. The first-order chi connectivity index (χ1) is 83.3. The van der Waals surface area contributed by atoms with E-state index < -0.39 is 468 Å². The third-order valence-corrected chi connectivity index (χ3v) is 20.7. The molecule has 3 heterocycles. The molecule has 0 spiro atoms. The van der Waals surface area contributed by atoms with Crippen LogP contribution in [0.4, 0.5) is 0 Å². The molecule has 0 atom stereocenters. The minimum atomic E-state index is -0.946. The van der Waals surface area contributed by atoms with Crippen LogP contribution >= 0.6 is 0 Å². The molecule has 3 aromatic heterocycles. The molecule has 25 rings (SSSR count). The van der Waals surface area contributed by atoms with Crippen molar-refractivity contribution in [3.05, 3.63) is 448 Å². The second-order valence-corrected chi connectivity index (χ2v) is 27.2. The summed E-state index contributed by atoms with van der Waals surface area (Å²) in [4.78, 5) is 0. The fourth-order valence-electron chi connectivity index (χ4n) is 15.6. The Labute approximate surface area is 777 Å². The van der Waals surface area contributed by atoms with E-state index in [-0.39, 0.29) is 45.7 Å². The molecule has 0 N–H and O–H groups in total. The molecule has 0 aliphatic rings. The Kier molecular flexibility index (Phi) is 8.32. The average molecular weight is 1600 g/mol. The molecule has 3 heteroatoms. The van der Waals surface area contributed by atoms with Gasteiger partial charge in [0.15, 0.2) is 0 Å². The summed E-state index contributed by atoms with van der Waals surface area (Å²) in [6, 6.07) is -11.0. The first-order valence-corrected chi connectivity index (χ1v) is 36.9. The maximum atomic E-state index is 9.50. The van der Waals surface area contributed by atoms with Crippen LogP contribution in [0.3, 0.4) is 0 Å². The molecular weight excluding hydrogens is 1470 g/mol. The number of benzene rings is 22. The third kappa shape index (κ3) is 12.1. The van der Waals surface area contributed by atoms with Gasteiger partial charge in [-0.05, 0) is 231 Å². The van der Waals surface area contributed by atoms with Gasteiger partial charge in [-0.25, -0.2) is 0 Å². The van der Waals surface area contributed by atoms with Gasteiger partial charge in [-0.1, -0.05) is 387 Å². The Hall–Kier alpha value is -15.9. The molecule has 0 radical (unpaired) electrons. The standard InChI is InChI=1S/C42H26O.2C38H24O/c1-2-13-28(14-3-1)40-33-17-6-8-19-35(33)41(36-20-9-7-18-34(36)40)31-25-37(30-23-22-27-12-4-5-15-29(27)24-30)42-38(26-31)32-16-10-11-21-39(32)43-42;1-3-12-25(13-4-1)27-22-23-32-35(24-27)39-34-21-11-20-33(38(32)34)37-30-18-9-7-16-28(30)36(26-14-5-2-6-15-26)29-17-8-10-19-31(29)37;1-3-12-25(13-4-1)27-22-23-34-33(24-27)38-32(20-11-21-35(38)39-34)37-30-18-9-7-16-28(30)36(26-14-5-2-6-15-26)29-17-8-10-19-31(29)37/h1-26H;2*1-24H/i6D,7D,8D,9D,17D,18D,19D,20D;2*1D,2D,3D,4D,5D,6D,7D,8D,9D,10D,11D,12D,13D,14D,15D,16D,17D,18D,19D,20D,21D,22D,23D,24D. The Bertz CT molecular complexity index is 11700. The van der Waals surface area contributed by atoms with Crippen molar-refractivity contribution >= 4 is 141 Å². The Morgan fingerprint density at radius 2 is 0.562 bits per heavy atom. The van der Waals surface area contributed by atoms with Gasteiger partial charge in [0, 0.05) is 37.9 Å². The van der Waals surface area contributed by atoms with Gasteiger partial charge in [0.05, 0.1) is 76.8 Å². The quantitative estimate of drug-likeness (QED) is 0.135. The fraction of sp³-hybridized carbons (Fsp3) is 0. The summed E-state index contributed by atoms with van der Waals surface area (Å²) in [7, 11) is 0. The highest BCUT2D eigenvalue weighted by molar-refractivity contribution is 6.29. The summed E-state index contributed by atoms with van der Waals surface area (Å²) in [5.74, 6) is 0. The van der Waals surface area contributed by atoms with Crippen LogP contribution in [-0.2, 0) is 0 Å². The lowest BCUT2D eigenvalue weighted by atomic mass is 9.85. The second kappa shape index (κ2) is 29.7. The van der Waals surface area contributed by atoms with Crippen molar-refractivity contribution < 1.29 is 90.0 Å². The maximum Gasteiger partial charge on any atom is 0.143 e. The third-order valence-electron chi connectivity index (χ3n) is 20.7. The SMILES string of the molecule is [2H]c1c([2H])c([2H])c(-c2c([2H])c([2H])c3c(oc4c([2H])c([2H])c([2H])c(-c5c6c([2H])c([2H])c([2H])c([2H])c6c(-c6c([2H])c([2H])c([2H])c([2H])c6[2H])c6c([2H])c([2H])c([2H])c([2H])c56)c43)c2[2H])c([2H])c1[2H].[2H]c1c([2H])c([2H])c(-c2c([2H])c([2H])c3oc4c([2H])c([2H])c([2H])c(-c5c6c([2H])c([2H])c([2H])c([2H])c6c(-c6c([2H])c([2H])c([2H])c([2H])c6[2H])c6c([2H])c([2H])c([2H])c([2H])c56)c4c3c2[2H])c([2H])c1[2H].[2H]c1c([2H])c([2H])c2c(-c3cc(-c4ccc5ccccc5c4)c4oc5ccccc5c4c3)c3c([2H])c([2H])c([2H])c([2H])c3c(-c3ccccc3)c2c1[2H]. The molecule has 0 aliphatic heterocycles. The van der Waals surface area contributed by atoms with Crippen LogP contribution in [0, 0.1) is 0 Å². The van der Waals surface area contributed by atoms with E-state index >= 15 is 0 Å². The summed E-state index contributed by atoms with van der Waals surface area (Å²) in [5, 5.41) is -2.97. The molecule has 0 saturated carbocycles. The highest BCUT2D eigenvalue weighted by atomic mass is 16.3. The maximum absolute atomic E-state index is 9.50. The number of hydrogen-bond acceptors (Lipinski definition) is 3. The van der Waals surface area contributed by atoms with Gasteiger partial charge in [-0.15, -0.1) is 0 Å². The highest BCUT2D eigenvalue weighted by Gasteiger charge is 2.26. The molecule has 22 aromatic carbocycles. The smallest absolute Gasteiger partial charge is 0.143 e. The lowest BCUT2D eigenvalue weighted by molar-refractivity contribution is 0.668. The average Bonchev–Trinajstić information content (AvgIpc) is 1.66. The summed E-state index contributed by atoms with van der Waals surface area (Å²) >= 11 is 0. The monoisotopic (exact) mass is 1590 g/mol. The van der Waals surface area contributed by atoms with Crippen molar-refractivity contribution in [1.29, 1.82) is 0 Å². The van der Waals surface area contributed by atoms with E-state index in [1.54, 1.807) is 24.3 Å². The predicted molar refractivity (Wildman–Crippen MR) is 513 cm³/mol. The molecule has 3 nitrogen and oxygen atoms in total. The summed E-state index contributed by atoms with van der Waals surface area (Å²) in [6.45, 7) is 0. The molecule has 0 bridgehead atoms. The highest BCUT2D eigenvalue weighted by Crippen LogP contribution is 2.52. The first-order valence-electron chi connectivity index (χ1n) is 64.9. The van der Waals surface area contributed by atoms with Gasteiger partial charge in [-0.2, -0.15) is 0 Å². The van der Waals surface area contributed by atoms with E-state index in [0.29, 0.717) is 33.4 Å². The number of rotatable bonds is 9. The molecule has 0 unspecified atom stereocenters. The van der Waals surface area contributed by atoms with Crippen molar-refractivity contribution in [1.82, 2.24) is 0 Å². The van der Waals surface area contributed by atoms with Gasteiger partial charge < -0.3 is 13.3 Å². The zero-order chi connectivity index (χ0) is 129. The van der Waals surface area contributed by atoms with Crippen molar-refractivity contribution in [3.8, 4) is 100 Å². The van der Waals surface area contributed by atoms with Crippen LogP contribution in [0.1, 0.15) is 76.8 Å². The Morgan fingerprint density at radius 3 is 1.07 bits per heavy atom. The van der Waals surface area contributed by atoms with Gasteiger partial charge in [0.25, 0.3) is 0 Å². The van der Waals surface area contributed by atoms with Crippen molar-refractivity contribution in [2.45, 2.75) is 0 Å². The van der Waals surface area contributed by atoms with E-state index in [4.69, 9.17) is 66.7 Å². The van der Waals surface area contributed by atoms with E-state index in [1.165, 1.54) is 0 Å².